The number of benzene rings is 1. The fourth-order valence-electron chi connectivity index (χ4n) is 2.25. The molecule has 0 bridgehead atoms. The number of nitrogens with two attached hydrogens (primary N) is 2. The minimum absolute atomic E-state index is 0. The molecular weight excluding hydrogens is 292 g/mol. The van der Waals surface area contributed by atoms with Gasteiger partial charge in [-0.2, -0.15) is 0 Å². The van der Waals surface area contributed by atoms with Gasteiger partial charge < -0.3 is 22.1 Å². The molecule has 0 spiro atoms. The number of halogens is 1. The highest BCUT2D eigenvalue weighted by Crippen LogP contribution is 2.39. The highest BCUT2D eigenvalue weighted by molar-refractivity contribution is 5.97. The summed E-state index contributed by atoms with van der Waals surface area (Å²) in [7, 11) is 0. The smallest absolute Gasteiger partial charge is 0.316 e. The highest BCUT2D eigenvalue weighted by Gasteiger charge is 2.41. The van der Waals surface area contributed by atoms with E-state index in [0.29, 0.717) is 23.7 Å². The van der Waals surface area contributed by atoms with Gasteiger partial charge in [-0.25, -0.2) is 4.79 Å². The standard InChI is InChI=1S/C14H20N4O2.ClH/c1-14(8-15,10-5-6-10)18-12(19)9-3-2-4-11(7-9)17-13(16)20;/h2-4,7,10H,5-6,8,15H2,1H3,(H,18,19)(H3,16,17,20);1H. The first kappa shape index (κ1) is 17.3. The van der Waals surface area contributed by atoms with Gasteiger partial charge in [0, 0.05) is 17.8 Å². The number of hydrogen-bond acceptors (Lipinski definition) is 3. The van der Waals surface area contributed by atoms with Crippen LogP contribution in [0.3, 0.4) is 0 Å². The summed E-state index contributed by atoms with van der Waals surface area (Å²) >= 11 is 0. The van der Waals surface area contributed by atoms with Crippen LogP contribution in [0, 0.1) is 5.92 Å². The van der Waals surface area contributed by atoms with Crippen LogP contribution < -0.4 is 22.1 Å². The van der Waals surface area contributed by atoms with Crippen LogP contribution in [-0.4, -0.2) is 24.0 Å². The van der Waals surface area contributed by atoms with Crippen molar-refractivity contribution in [1.82, 2.24) is 5.32 Å². The van der Waals surface area contributed by atoms with Gasteiger partial charge in [-0.3, -0.25) is 4.79 Å². The Hall–Kier alpha value is -1.79. The number of hydrogen-bond donors (Lipinski definition) is 4. The SMILES string of the molecule is CC(CN)(NC(=O)c1cccc(NC(N)=O)c1)C1CC1.Cl. The van der Waals surface area contributed by atoms with Gasteiger partial charge in [0.25, 0.3) is 5.91 Å². The fraction of sp³-hybridized carbons (Fsp3) is 0.429. The molecular formula is C14H21ClN4O2. The maximum Gasteiger partial charge on any atom is 0.316 e. The molecule has 21 heavy (non-hydrogen) atoms. The van der Waals surface area contributed by atoms with Crippen molar-refractivity contribution < 1.29 is 9.59 Å². The summed E-state index contributed by atoms with van der Waals surface area (Å²) in [6.07, 6.45) is 2.19. The summed E-state index contributed by atoms with van der Waals surface area (Å²) in [5, 5.41) is 5.44. The molecule has 6 N–H and O–H groups in total. The summed E-state index contributed by atoms with van der Waals surface area (Å²) in [5.74, 6) is 0.251. The average Bonchev–Trinajstić information content (AvgIpc) is 3.22. The molecule has 3 amide bonds. The zero-order chi connectivity index (χ0) is 14.8. The Labute approximate surface area is 130 Å². The number of carbonyl (C=O) groups is 2. The van der Waals surface area contributed by atoms with Gasteiger partial charge in [-0.05, 0) is 43.9 Å². The highest BCUT2D eigenvalue weighted by atomic mass is 35.5. The predicted octanol–water partition coefficient (Wildman–Crippen LogP) is 1.46. The zero-order valence-electron chi connectivity index (χ0n) is 11.9. The Kier molecular flexibility index (Phi) is 5.57. The van der Waals surface area contributed by atoms with E-state index in [9.17, 15) is 9.59 Å². The molecule has 1 aliphatic carbocycles. The van der Waals surface area contributed by atoms with Crippen molar-refractivity contribution in [2.75, 3.05) is 11.9 Å². The molecule has 6 nitrogen and oxygen atoms in total. The van der Waals surface area contributed by atoms with E-state index < -0.39 is 6.03 Å². The van der Waals surface area contributed by atoms with Crippen LogP contribution >= 0.6 is 12.4 Å². The predicted molar refractivity (Wildman–Crippen MR) is 84.5 cm³/mol. The van der Waals surface area contributed by atoms with Crippen molar-refractivity contribution in [3.63, 3.8) is 0 Å². The Balaban J connectivity index is 0.00000220. The normalized spacial score (nSPS) is 16.3. The summed E-state index contributed by atoms with van der Waals surface area (Å²) in [6.45, 7) is 2.37. The van der Waals surface area contributed by atoms with Gasteiger partial charge >= 0.3 is 6.03 Å². The lowest BCUT2D eigenvalue weighted by atomic mass is 9.95. The van der Waals surface area contributed by atoms with Crippen molar-refractivity contribution in [2.24, 2.45) is 17.4 Å². The monoisotopic (exact) mass is 312 g/mol. The van der Waals surface area contributed by atoms with Gasteiger partial charge in [0.05, 0.1) is 5.54 Å². The zero-order valence-corrected chi connectivity index (χ0v) is 12.7. The fourth-order valence-corrected chi connectivity index (χ4v) is 2.25. The second-order valence-corrected chi connectivity index (χ2v) is 5.42. The van der Waals surface area contributed by atoms with Gasteiger partial charge in [0.1, 0.15) is 0 Å². The van der Waals surface area contributed by atoms with E-state index in [0.717, 1.165) is 12.8 Å². The van der Waals surface area contributed by atoms with Crippen LogP contribution in [-0.2, 0) is 0 Å². The maximum atomic E-state index is 12.3. The van der Waals surface area contributed by atoms with Gasteiger partial charge in [0.15, 0.2) is 0 Å². The molecule has 1 unspecified atom stereocenters. The Bertz CT molecular complexity index is 533. The number of amides is 3. The molecule has 1 aliphatic rings. The van der Waals surface area contributed by atoms with Crippen LogP contribution in [0.1, 0.15) is 30.1 Å². The maximum absolute atomic E-state index is 12.3. The first-order valence-corrected chi connectivity index (χ1v) is 6.64. The second-order valence-electron chi connectivity index (χ2n) is 5.42. The van der Waals surface area contributed by atoms with Gasteiger partial charge in [-0.1, -0.05) is 6.07 Å². The molecule has 7 heteroatoms. The molecule has 0 aromatic heterocycles. The van der Waals surface area contributed by atoms with Gasteiger partial charge in [0.2, 0.25) is 0 Å². The summed E-state index contributed by atoms with van der Waals surface area (Å²) in [6, 6.07) is 5.98. The average molecular weight is 313 g/mol. The number of rotatable bonds is 5. The second kappa shape index (κ2) is 6.78. The van der Waals surface area contributed by atoms with Crippen molar-refractivity contribution in [1.29, 1.82) is 0 Å². The van der Waals surface area contributed by atoms with E-state index in [4.69, 9.17) is 11.5 Å². The molecule has 1 aromatic carbocycles. The van der Waals surface area contributed by atoms with Gasteiger partial charge in [-0.15, -0.1) is 12.4 Å². The molecule has 0 aliphatic heterocycles. The van der Waals surface area contributed by atoms with E-state index in [1.54, 1.807) is 24.3 Å². The van der Waals surface area contributed by atoms with E-state index in [1.807, 2.05) is 6.92 Å². The van der Waals surface area contributed by atoms with E-state index in [2.05, 4.69) is 10.6 Å². The Morgan fingerprint density at radius 1 is 1.38 bits per heavy atom. The largest absolute Gasteiger partial charge is 0.351 e. The lowest BCUT2D eigenvalue weighted by Gasteiger charge is -2.29. The molecule has 1 atom stereocenters. The Morgan fingerprint density at radius 2 is 2.05 bits per heavy atom. The lowest BCUT2D eigenvalue weighted by Crippen LogP contribution is -2.53. The third-order valence-electron chi connectivity index (χ3n) is 3.69. The number of nitrogens with one attached hydrogen (secondary N) is 2. The molecule has 1 fully saturated rings. The molecule has 1 aromatic rings. The van der Waals surface area contributed by atoms with Crippen LogP contribution in [0.4, 0.5) is 10.5 Å². The van der Waals surface area contributed by atoms with Crippen LogP contribution in [0.15, 0.2) is 24.3 Å². The topological polar surface area (TPSA) is 110 Å². The summed E-state index contributed by atoms with van der Waals surface area (Å²) in [5.41, 5.74) is 11.4. The molecule has 0 heterocycles. The van der Waals surface area contributed by atoms with Crippen LogP contribution in [0.25, 0.3) is 0 Å². The third kappa shape index (κ3) is 4.34. The Morgan fingerprint density at radius 3 is 2.57 bits per heavy atom. The molecule has 1 saturated carbocycles. The first-order chi connectivity index (χ1) is 9.44. The van der Waals surface area contributed by atoms with Crippen molar-refractivity contribution in [2.45, 2.75) is 25.3 Å². The molecule has 0 radical (unpaired) electrons. The molecule has 2 rings (SSSR count). The lowest BCUT2D eigenvalue weighted by molar-refractivity contribution is 0.0898. The van der Waals surface area contributed by atoms with E-state index in [1.165, 1.54) is 0 Å². The van der Waals surface area contributed by atoms with Crippen LogP contribution in [0.2, 0.25) is 0 Å². The van der Waals surface area contributed by atoms with Crippen molar-refractivity contribution in [3.8, 4) is 0 Å². The molecule has 116 valence electrons. The summed E-state index contributed by atoms with van der Waals surface area (Å²) < 4.78 is 0. The number of primary amides is 1. The quantitative estimate of drug-likeness (QED) is 0.660. The minimum Gasteiger partial charge on any atom is -0.351 e. The minimum atomic E-state index is -0.660. The van der Waals surface area contributed by atoms with E-state index in [-0.39, 0.29) is 23.9 Å². The summed E-state index contributed by atoms with van der Waals surface area (Å²) in [4.78, 5) is 23.1. The number of anilines is 1. The van der Waals surface area contributed by atoms with Crippen molar-refractivity contribution >= 4 is 30.0 Å². The first-order valence-electron chi connectivity index (χ1n) is 6.64. The number of urea groups is 1. The number of carbonyl (C=O) groups excluding carboxylic acids is 2. The van der Waals surface area contributed by atoms with Crippen molar-refractivity contribution in [3.05, 3.63) is 29.8 Å². The van der Waals surface area contributed by atoms with Crippen LogP contribution in [0.5, 0.6) is 0 Å². The van der Waals surface area contributed by atoms with E-state index >= 15 is 0 Å². The molecule has 0 saturated heterocycles. The third-order valence-corrected chi connectivity index (χ3v) is 3.69.